The highest BCUT2D eigenvalue weighted by Gasteiger charge is 2.23. The van der Waals surface area contributed by atoms with Gasteiger partial charge in [-0.15, -0.1) is 0 Å². The molecule has 20 heavy (non-hydrogen) atoms. The molecule has 2 heterocycles. The van der Waals surface area contributed by atoms with Gasteiger partial charge >= 0.3 is 5.97 Å². The lowest BCUT2D eigenvalue weighted by molar-refractivity contribution is 0.0696. The number of rotatable bonds is 4. The average molecular weight is 298 g/mol. The molecule has 1 fully saturated rings. The molecule has 0 unspecified atom stereocenters. The fourth-order valence-corrected chi connectivity index (χ4v) is 2.80. The monoisotopic (exact) mass is 297 g/mol. The van der Waals surface area contributed by atoms with Crippen LogP contribution in [0.1, 0.15) is 30.1 Å². The Bertz CT molecular complexity index is 487. The van der Waals surface area contributed by atoms with Crippen LogP contribution in [0.2, 0.25) is 5.15 Å². The van der Waals surface area contributed by atoms with Crippen molar-refractivity contribution in [1.29, 1.82) is 0 Å². The summed E-state index contributed by atoms with van der Waals surface area (Å²) in [4.78, 5) is 19.8. The first-order chi connectivity index (χ1) is 9.51. The molecule has 0 spiro atoms. The van der Waals surface area contributed by atoms with Crippen LogP contribution in [0.5, 0.6) is 0 Å². The normalized spacial score (nSPS) is 17.1. The van der Waals surface area contributed by atoms with Crippen molar-refractivity contribution in [2.45, 2.75) is 25.8 Å². The molecule has 5 nitrogen and oxygen atoms in total. The third-order valence-corrected chi connectivity index (χ3v) is 4.13. The highest BCUT2D eigenvalue weighted by molar-refractivity contribution is 6.29. The standard InChI is InChI=1S/C14H20ClN3O2/c1-3-18-6-4-11(5-7-18)17(2)13-9-10(14(19)20)8-12(15)16-13/h8-9,11H,3-7H2,1-2H3,(H,19,20). The number of aromatic nitrogens is 1. The van der Waals surface area contributed by atoms with Crippen molar-refractivity contribution < 1.29 is 9.90 Å². The number of anilines is 1. The van der Waals surface area contributed by atoms with E-state index in [-0.39, 0.29) is 10.7 Å². The second kappa shape index (κ2) is 6.41. The van der Waals surface area contributed by atoms with Gasteiger partial charge in [0.1, 0.15) is 11.0 Å². The molecule has 0 bridgehead atoms. The van der Waals surface area contributed by atoms with Gasteiger partial charge in [-0.25, -0.2) is 9.78 Å². The van der Waals surface area contributed by atoms with Gasteiger partial charge in [0.15, 0.2) is 0 Å². The highest BCUT2D eigenvalue weighted by atomic mass is 35.5. The van der Waals surface area contributed by atoms with E-state index in [0.717, 1.165) is 32.5 Å². The van der Waals surface area contributed by atoms with Crippen LogP contribution in [-0.2, 0) is 0 Å². The number of nitrogens with zero attached hydrogens (tertiary/aromatic N) is 3. The second-order valence-corrected chi connectivity index (χ2v) is 5.51. The summed E-state index contributed by atoms with van der Waals surface area (Å²) in [6.07, 6.45) is 2.11. The zero-order chi connectivity index (χ0) is 14.7. The summed E-state index contributed by atoms with van der Waals surface area (Å²) in [7, 11) is 1.95. The van der Waals surface area contributed by atoms with Crippen molar-refractivity contribution in [2.75, 3.05) is 31.6 Å². The third kappa shape index (κ3) is 3.41. The number of aromatic carboxylic acids is 1. The summed E-state index contributed by atoms with van der Waals surface area (Å²) in [5.74, 6) is -0.352. The molecular weight excluding hydrogens is 278 g/mol. The van der Waals surface area contributed by atoms with E-state index in [1.54, 1.807) is 6.07 Å². The first kappa shape index (κ1) is 15.1. The van der Waals surface area contributed by atoms with Gasteiger partial charge in [0.05, 0.1) is 5.56 Å². The van der Waals surface area contributed by atoms with Crippen LogP contribution in [0.15, 0.2) is 12.1 Å². The van der Waals surface area contributed by atoms with Gasteiger partial charge in [-0.1, -0.05) is 18.5 Å². The summed E-state index contributed by atoms with van der Waals surface area (Å²) < 4.78 is 0. The number of halogens is 1. The molecule has 1 aliphatic heterocycles. The predicted molar refractivity (Wildman–Crippen MR) is 79.7 cm³/mol. The fraction of sp³-hybridized carbons (Fsp3) is 0.571. The zero-order valence-electron chi connectivity index (χ0n) is 11.8. The van der Waals surface area contributed by atoms with E-state index in [0.29, 0.717) is 11.9 Å². The molecular formula is C14H20ClN3O2. The van der Waals surface area contributed by atoms with E-state index in [2.05, 4.69) is 16.8 Å². The maximum Gasteiger partial charge on any atom is 0.335 e. The SMILES string of the molecule is CCN1CCC(N(C)c2cc(C(=O)O)cc(Cl)n2)CC1. The number of piperidine rings is 1. The number of carboxylic acid groups (broad SMARTS) is 1. The average Bonchev–Trinajstić information content (AvgIpc) is 2.46. The van der Waals surface area contributed by atoms with Gasteiger partial charge in [-0.2, -0.15) is 0 Å². The molecule has 0 saturated carbocycles. The van der Waals surface area contributed by atoms with Crippen molar-refractivity contribution in [1.82, 2.24) is 9.88 Å². The van der Waals surface area contributed by atoms with Crippen molar-refractivity contribution in [3.8, 4) is 0 Å². The minimum atomic E-state index is -0.982. The Morgan fingerprint density at radius 3 is 2.70 bits per heavy atom. The maximum atomic E-state index is 11.1. The largest absolute Gasteiger partial charge is 0.478 e. The van der Waals surface area contributed by atoms with Gasteiger partial charge in [0.25, 0.3) is 0 Å². The fourth-order valence-electron chi connectivity index (χ4n) is 2.60. The molecule has 0 aromatic carbocycles. The summed E-state index contributed by atoms with van der Waals surface area (Å²) >= 11 is 5.91. The Hall–Kier alpha value is -1.33. The molecule has 1 saturated heterocycles. The van der Waals surface area contributed by atoms with E-state index in [4.69, 9.17) is 16.7 Å². The first-order valence-corrected chi connectivity index (χ1v) is 7.25. The van der Waals surface area contributed by atoms with Crippen LogP contribution in [0.25, 0.3) is 0 Å². The first-order valence-electron chi connectivity index (χ1n) is 6.87. The van der Waals surface area contributed by atoms with Gasteiger partial charge in [-0.3, -0.25) is 0 Å². The van der Waals surface area contributed by atoms with Crippen LogP contribution in [0, 0.1) is 0 Å². The number of likely N-dealkylation sites (tertiary alicyclic amines) is 1. The van der Waals surface area contributed by atoms with Crippen LogP contribution >= 0.6 is 11.6 Å². The second-order valence-electron chi connectivity index (χ2n) is 5.12. The molecule has 1 aromatic rings. The Labute approximate surface area is 124 Å². The number of hydrogen-bond acceptors (Lipinski definition) is 4. The molecule has 0 atom stereocenters. The van der Waals surface area contributed by atoms with E-state index >= 15 is 0 Å². The lowest BCUT2D eigenvalue weighted by atomic mass is 10.0. The Balaban J connectivity index is 2.13. The van der Waals surface area contributed by atoms with Crippen LogP contribution < -0.4 is 4.90 Å². The predicted octanol–water partition coefficient (Wildman–Crippen LogP) is 2.35. The molecule has 1 N–H and O–H groups in total. The number of carbonyl (C=O) groups is 1. The Morgan fingerprint density at radius 2 is 2.15 bits per heavy atom. The van der Waals surface area contributed by atoms with Gasteiger partial charge in [-0.05, 0) is 31.5 Å². The third-order valence-electron chi connectivity index (χ3n) is 3.94. The number of pyridine rings is 1. The summed E-state index contributed by atoms with van der Waals surface area (Å²) in [6, 6.07) is 3.34. The molecule has 0 radical (unpaired) electrons. The minimum Gasteiger partial charge on any atom is -0.478 e. The molecule has 6 heteroatoms. The molecule has 0 amide bonds. The minimum absolute atomic E-state index is 0.179. The van der Waals surface area contributed by atoms with Crippen molar-refractivity contribution >= 4 is 23.4 Å². The summed E-state index contributed by atoms with van der Waals surface area (Å²) in [5, 5.41) is 9.30. The molecule has 1 aliphatic rings. The lowest BCUT2D eigenvalue weighted by Crippen LogP contribution is -2.43. The quantitative estimate of drug-likeness (QED) is 0.865. The smallest absolute Gasteiger partial charge is 0.335 e. The number of carboxylic acids is 1. The van der Waals surface area contributed by atoms with Gasteiger partial charge in [0.2, 0.25) is 0 Å². The summed E-state index contributed by atoms with van der Waals surface area (Å²) in [6.45, 7) is 5.38. The topological polar surface area (TPSA) is 56.7 Å². The molecule has 2 rings (SSSR count). The van der Waals surface area contributed by atoms with Crippen molar-refractivity contribution in [3.63, 3.8) is 0 Å². The van der Waals surface area contributed by atoms with E-state index in [1.807, 2.05) is 11.9 Å². The van der Waals surface area contributed by atoms with E-state index in [1.165, 1.54) is 6.07 Å². The Kier molecular flexibility index (Phi) is 4.83. The van der Waals surface area contributed by atoms with E-state index in [9.17, 15) is 4.79 Å². The van der Waals surface area contributed by atoms with E-state index < -0.39 is 5.97 Å². The lowest BCUT2D eigenvalue weighted by Gasteiger charge is -2.36. The van der Waals surface area contributed by atoms with Crippen LogP contribution in [-0.4, -0.2) is 53.7 Å². The van der Waals surface area contributed by atoms with Crippen molar-refractivity contribution in [3.05, 3.63) is 22.8 Å². The van der Waals surface area contributed by atoms with Gasteiger partial charge in [0, 0.05) is 26.2 Å². The maximum absolute atomic E-state index is 11.1. The van der Waals surface area contributed by atoms with Crippen molar-refractivity contribution in [2.24, 2.45) is 0 Å². The van der Waals surface area contributed by atoms with Crippen LogP contribution in [0.4, 0.5) is 5.82 Å². The Morgan fingerprint density at radius 1 is 1.50 bits per heavy atom. The molecule has 0 aliphatic carbocycles. The molecule has 1 aromatic heterocycles. The zero-order valence-corrected chi connectivity index (χ0v) is 12.6. The number of hydrogen-bond donors (Lipinski definition) is 1. The molecule has 110 valence electrons. The van der Waals surface area contributed by atoms with Crippen LogP contribution in [0.3, 0.4) is 0 Å². The summed E-state index contributed by atoms with van der Waals surface area (Å²) in [5.41, 5.74) is 0.179. The highest BCUT2D eigenvalue weighted by Crippen LogP contribution is 2.23. The van der Waals surface area contributed by atoms with Gasteiger partial charge < -0.3 is 14.9 Å².